The normalized spacial score (nSPS) is 10.5. The van der Waals surface area contributed by atoms with Gasteiger partial charge >= 0.3 is 5.91 Å². The van der Waals surface area contributed by atoms with E-state index in [4.69, 9.17) is 0 Å². The van der Waals surface area contributed by atoms with Crippen LogP contribution < -0.4 is 10.9 Å². The van der Waals surface area contributed by atoms with Crippen LogP contribution in [0.4, 0.5) is 0 Å². The first-order valence-corrected chi connectivity index (χ1v) is 8.78. The quantitative estimate of drug-likeness (QED) is 0.335. The second-order valence-electron chi connectivity index (χ2n) is 5.76. The summed E-state index contributed by atoms with van der Waals surface area (Å²) >= 11 is 3.21. The Hall–Kier alpha value is -3.20. The van der Waals surface area contributed by atoms with Gasteiger partial charge in [-0.15, -0.1) is 0 Å². The first kappa shape index (κ1) is 18.6. The zero-order valence-electron chi connectivity index (χ0n) is 14.5. The van der Waals surface area contributed by atoms with Crippen LogP contribution in [0, 0.1) is 13.8 Å². The van der Waals surface area contributed by atoms with E-state index in [2.05, 4.69) is 36.9 Å². The van der Waals surface area contributed by atoms with Crippen LogP contribution in [-0.2, 0) is 4.79 Å². The average Bonchev–Trinajstić information content (AvgIpc) is 3.22. The third kappa shape index (κ3) is 3.82. The molecule has 0 spiro atoms. The number of nitrogens with zero attached hydrogens (tertiary/aromatic N) is 2. The van der Waals surface area contributed by atoms with E-state index in [1.807, 2.05) is 30.3 Å². The van der Waals surface area contributed by atoms with E-state index in [0.29, 0.717) is 15.9 Å². The number of aromatic amines is 1. The first-order chi connectivity index (χ1) is 12.9. The van der Waals surface area contributed by atoms with Gasteiger partial charge in [0.05, 0.1) is 22.6 Å². The van der Waals surface area contributed by atoms with E-state index >= 15 is 0 Å². The van der Waals surface area contributed by atoms with E-state index in [0.717, 1.165) is 5.69 Å². The van der Waals surface area contributed by atoms with Gasteiger partial charge in [-0.25, -0.2) is 4.68 Å². The molecule has 0 aliphatic rings. The molecule has 3 rings (SSSR count). The molecule has 0 aliphatic carbocycles. The van der Waals surface area contributed by atoms with Gasteiger partial charge in [-0.05, 0) is 48.0 Å². The molecular formula is C18H16BrN5O3. The highest BCUT2D eigenvalue weighted by molar-refractivity contribution is 9.10. The van der Waals surface area contributed by atoms with Gasteiger partial charge in [0.1, 0.15) is 5.69 Å². The van der Waals surface area contributed by atoms with Gasteiger partial charge in [0.25, 0.3) is 11.7 Å². The summed E-state index contributed by atoms with van der Waals surface area (Å²) in [6, 6.07) is 10.8. The van der Waals surface area contributed by atoms with Crippen molar-refractivity contribution in [1.29, 1.82) is 0 Å². The lowest BCUT2D eigenvalue weighted by atomic mass is 10.1. The Morgan fingerprint density at radius 3 is 2.44 bits per heavy atom. The maximum absolute atomic E-state index is 12.6. The van der Waals surface area contributed by atoms with Gasteiger partial charge in [-0.3, -0.25) is 25.2 Å². The molecule has 3 N–H and O–H groups in total. The molecule has 0 aliphatic heterocycles. The predicted octanol–water partition coefficient (Wildman–Crippen LogP) is 2.22. The molecular weight excluding hydrogens is 414 g/mol. The van der Waals surface area contributed by atoms with Crippen LogP contribution in [0.15, 0.2) is 47.1 Å². The number of Topliss-reactive ketones (excluding diaryl/α,β-unsaturated/α-hetero) is 1. The Labute approximate surface area is 163 Å². The molecule has 0 saturated heterocycles. The number of nitrogens with one attached hydrogen (secondary N) is 3. The van der Waals surface area contributed by atoms with Crippen molar-refractivity contribution in [3.63, 3.8) is 0 Å². The molecule has 9 heteroatoms. The number of hydrogen-bond acceptors (Lipinski definition) is 4. The Morgan fingerprint density at radius 1 is 1.11 bits per heavy atom. The number of benzene rings is 1. The summed E-state index contributed by atoms with van der Waals surface area (Å²) in [7, 11) is 0. The Kier molecular flexibility index (Phi) is 5.22. The second kappa shape index (κ2) is 7.58. The number of carbonyl (C=O) groups is 3. The lowest BCUT2D eigenvalue weighted by molar-refractivity contribution is -0.117. The second-order valence-corrected chi connectivity index (χ2v) is 6.68. The minimum atomic E-state index is -0.951. The van der Waals surface area contributed by atoms with Gasteiger partial charge in [-0.2, -0.15) is 5.10 Å². The Balaban J connectivity index is 1.74. The van der Waals surface area contributed by atoms with Crippen LogP contribution in [0.3, 0.4) is 0 Å². The number of amides is 2. The van der Waals surface area contributed by atoms with E-state index < -0.39 is 17.6 Å². The van der Waals surface area contributed by atoms with Crippen molar-refractivity contribution < 1.29 is 14.4 Å². The maximum atomic E-state index is 12.6. The molecule has 0 atom stereocenters. The minimum absolute atomic E-state index is 0.202. The number of aromatic nitrogens is 3. The SMILES string of the molecule is Cc1nn(-c2ccccc2)c(C)c1C(=O)C(=O)NNC(=O)c1cc(Br)c[nH]1. The number of carbonyl (C=O) groups excluding carboxylic acids is 3. The van der Waals surface area contributed by atoms with Gasteiger partial charge in [0.15, 0.2) is 0 Å². The third-order valence-corrected chi connectivity index (χ3v) is 4.37. The summed E-state index contributed by atoms with van der Waals surface area (Å²) in [6.07, 6.45) is 1.58. The smallest absolute Gasteiger partial charge is 0.310 e. The number of hydrogen-bond donors (Lipinski definition) is 3. The zero-order chi connectivity index (χ0) is 19.6. The number of para-hydroxylation sites is 1. The number of ketones is 1. The highest BCUT2D eigenvalue weighted by Gasteiger charge is 2.25. The van der Waals surface area contributed by atoms with Crippen LogP contribution in [0.1, 0.15) is 32.2 Å². The molecule has 1 aromatic carbocycles. The summed E-state index contributed by atoms with van der Waals surface area (Å²) in [6.45, 7) is 3.37. The highest BCUT2D eigenvalue weighted by atomic mass is 79.9. The summed E-state index contributed by atoms with van der Waals surface area (Å²) in [5.74, 6) is -2.30. The summed E-state index contributed by atoms with van der Waals surface area (Å²) in [5, 5.41) is 4.35. The van der Waals surface area contributed by atoms with Crippen molar-refractivity contribution >= 4 is 33.5 Å². The van der Waals surface area contributed by atoms with E-state index in [1.165, 1.54) is 0 Å². The molecule has 0 unspecified atom stereocenters. The summed E-state index contributed by atoms with van der Waals surface area (Å²) < 4.78 is 2.29. The van der Waals surface area contributed by atoms with E-state index in [-0.39, 0.29) is 11.3 Å². The number of halogens is 1. The predicted molar refractivity (Wildman–Crippen MR) is 101 cm³/mol. The number of H-pyrrole nitrogens is 1. The van der Waals surface area contributed by atoms with Gasteiger partial charge in [-0.1, -0.05) is 18.2 Å². The number of rotatable bonds is 4. The zero-order valence-corrected chi connectivity index (χ0v) is 16.1. The Morgan fingerprint density at radius 2 is 1.81 bits per heavy atom. The molecule has 8 nitrogen and oxygen atoms in total. The number of aryl methyl sites for hydroxylation is 1. The highest BCUT2D eigenvalue weighted by Crippen LogP contribution is 2.18. The molecule has 0 radical (unpaired) electrons. The lowest BCUT2D eigenvalue weighted by Crippen LogP contribution is -2.45. The van der Waals surface area contributed by atoms with Crippen LogP contribution >= 0.6 is 15.9 Å². The molecule has 3 aromatic rings. The topological polar surface area (TPSA) is 109 Å². The minimum Gasteiger partial charge on any atom is -0.356 e. The molecule has 2 heterocycles. The molecule has 0 bridgehead atoms. The van der Waals surface area contributed by atoms with Crippen molar-refractivity contribution in [2.75, 3.05) is 0 Å². The standard InChI is InChI=1S/C18H16BrN5O3/c1-10-15(11(2)24(23-10)13-6-4-3-5-7-13)16(25)18(27)22-21-17(26)14-8-12(19)9-20-14/h3-9,20H,1-2H3,(H,21,26)(H,22,27). The lowest BCUT2D eigenvalue weighted by Gasteiger charge is -2.07. The largest absolute Gasteiger partial charge is 0.356 e. The van der Waals surface area contributed by atoms with E-state index in [1.54, 1.807) is 30.8 Å². The molecule has 0 fully saturated rings. The number of hydrazine groups is 1. The van der Waals surface area contributed by atoms with Crippen molar-refractivity contribution in [3.8, 4) is 5.69 Å². The molecule has 27 heavy (non-hydrogen) atoms. The van der Waals surface area contributed by atoms with Crippen molar-refractivity contribution in [3.05, 3.63) is 69.7 Å². The van der Waals surface area contributed by atoms with Gasteiger partial charge in [0.2, 0.25) is 0 Å². The fraction of sp³-hybridized carbons (Fsp3) is 0.111. The van der Waals surface area contributed by atoms with Crippen LogP contribution in [-0.4, -0.2) is 32.4 Å². The Bertz CT molecular complexity index is 1020. The van der Waals surface area contributed by atoms with E-state index in [9.17, 15) is 14.4 Å². The first-order valence-electron chi connectivity index (χ1n) is 7.99. The van der Waals surface area contributed by atoms with Gasteiger partial charge < -0.3 is 4.98 Å². The molecule has 138 valence electrons. The average molecular weight is 430 g/mol. The van der Waals surface area contributed by atoms with Crippen molar-refractivity contribution in [2.45, 2.75) is 13.8 Å². The molecule has 2 amide bonds. The molecule has 2 aromatic heterocycles. The van der Waals surface area contributed by atoms with Crippen molar-refractivity contribution in [2.24, 2.45) is 0 Å². The van der Waals surface area contributed by atoms with Crippen LogP contribution in [0.5, 0.6) is 0 Å². The van der Waals surface area contributed by atoms with Crippen LogP contribution in [0.25, 0.3) is 5.69 Å². The van der Waals surface area contributed by atoms with Gasteiger partial charge in [0, 0.05) is 10.7 Å². The third-order valence-electron chi connectivity index (χ3n) is 3.91. The monoisotopic (exact) mass is 429 g/mol. The summed E-state index contributed by atoms with van der Waals surface area (Å²) in [4.78, 5) is 39.4. The summed E-state index contributed by atoms with van der Waals surface area (Å²) in [5.41, 5.74) is 6.52. The fourth-order valence-electron chi connectivity index (χ4n) is 2.64. The fourth-order valence-corrected chi connectivity index (χ4v) is 2.99. The van der Waals surface area contributed by atoms with Crippen molar-refractivity contribution in [1.82, 2.24) is 25.6 Å². The van der Waals surface area contributed by atoms with Crippen LogP contribution in [0.2, 0.25) is 0 Å². The maximum Gasteiger partial charge on any atom is 0.310 e. The molecule has 0 saturated carbocycles.